The molecule has 0 aromatic carbocycles. The van der Waals surface area contributed by atoms with Crippen molar-refractivity contribution in [3.05, 3.63) is 5.82 Å². The molecule has 0 radical (unpaired) electrons. The molecule has 6 nitrogen and oxygen atoms in total. The maximum atomic E-state index is 5.98. The Bertz CT molecular complexity index is 415. The molecule has 1 heterocycles. The summed E-state index contributed by atoms with van der Waals surface area (Å²) < 4.78 is 5.98. The van der Waals surface area contributed by atoms with Gasteiger partial charge in [0.1, 0.15) is 0 Å². The van der Waals surface area contributed by atoms with E-state index in [2.05, 4.69) is 39.8 Å². The van der Waals surface area contributed by atoms with Crippen LogP contribution in [-0.4, -0.2) is 39.4 Å². The second kappa shape index (κ2) is 5.77. The molecule has 2 aliphatic carbocycles. The molecule has 1 aromatic heterocycles. The van der Waals surface area contributed by atoms with Crippen molar-refractivity contribution in [1.82, 2.24) is 25.9 Å². The lowest BCUT2D eigenvalue weighted by atomic mass is 9.55. The summed E-state index contributed by atoms with van der Waals surface area (Å²) in [5, 5.41) is 18.0. The van der Waals surface area contributed by atoms with Gasteiger partial charge in [-0.2, -0.15) is 5.21 Å². The highest BCUT2D eigenvalue weighted by atomic mass is 16.5. The molecular formula is C14H25N5O. The largest absolute Gasteiger partial charge is 0.378 e. The second-order valence-corrected chi connectivity index (χ2v) is 6.18. The Balaban J connectivity index is 1.67. The molecule has 20 heavy (non-hydrogen) atoms. The number of H-pyrrole nitrogens is 1. The molecule has 3 atom stereocenters. The van der Waals surface area contributed by atoms with Crippen LogP contribution < -0.4 is 5.32 Å². The van der Waals surface area contributed by atoms with Crippen LogP contribution in [0.4, 0.5) is 0 Å². The van der Waals surface area contributed by atoms with Crippen molar-refractivity contribution in [3.8, 4) is 0 Å². The Hall–Kier alpha value is -1.01. The Morgan fingerprint density at radius 2 is 2.20 bits per heavy atom. The average Bonchev–Trinajstić information content (AvgIpc) is 3.01. The predicted octanol–water partition coefficient (Wildman–Crippen LogP) is 1.98. The van der Waals surface area contributed by atoms with E-state index in [-0.39, 0.29) is 6.04 Å². The summed E-state index contributed by atoms with van der Waals surface area (Å²) in [6.07, 6.45) is 8.14. The minimum Gasteiger partial charge on any atom is -0.378 e. The molecule has 3 rings (SSSR count). The first kappa shape index (κ1) is 13.9. The van der Waals surface area contributed by atoms with Crippen molar-refractivity contribution in [2.24, 2.45) is 5.41 Å². The van der Waals surface area contributed by atoms with Crippen LogP contribution >= 0.6 is 0 Å². The molecule has 0 bridgehead atoms. The molecule has 0 saturated heterocycles. The summed E-state index contributed by atoms with van der Waals surface area (Å²) in [7, 11) is 0. The van der Waals surface area contributed by atoms with Gasteiger partial charge in [-0.1, -0.05) is 24.5 Å². The van der Waals surface area contributed by atoms with Crippen LogP contribution in [0.5, 0.6) is 0 Å². The van der Waals surface area contributed by atoms with Gasteiger partial charge in [0.05, 0.1) is 12.1 Å². The summed E-state index contributed by atoms with van der Waals surface area (Å²) >= 11 is 0. The number of nitrogens with zero attached hydrogens (tertiary/aromatic N) is 3. The Kier molecular flexibility index (Phi) is 4.03. The van der Waals surface area contributed by atoms with Crippen molar-refractivity contribution in [3.63, 3.8) is 0 Å². The van der Waals surface area contributed by atoms with Gasteiger partial charge in [-0.25, -0.2) is 0 Å². The van der Waals surface area contributed by atoms with Crippen LogP contribution in [0.3, 0.4) is 0 Å². The van der Waals surface area contributed by atoms with Crippen LogP contribution in [0, 0.1) is 5.41 Å². The minimum absolute atomic E-state index is 0.139. The summed E-state index contributed by atoms with van der Waals surface area (Å²) in [5.41, 5.74) is 0.340. The first-order valence-corrected chi connectivity index (χ1v) is 7.87. The van der Waals surface area contributed by atoms with Gasteiger partial charge >= 0.3 is 0 Å². The Labute approximate surface area is 120 Å². The fraction of sp³-hybridized carbons (Fsp3) is 0.929. The van der Waals surface area contributed by atoms with Gasteiger partial charge < -0.3 is 10.1 Å². The number of aromatic amines is 1. The minimum atomic E-state index is 0.139. The highest BCUT2D eigenvalue weighted by Gasteiger charge is 2.55. The van der Waals surface area contributed by atoms with E-state index in [4.69, 9.17) is 4.74 Å². The third kappa shape index (κ3) is 2.35. The SMILES string of the molecule is CCOC1CC(NC(C)c2nn[nH]n2)C12CCCCC2. The van der Waals surface area contributed by atoms with E-state index in [1.54, 1.807) is 0 Å². The fourth-order valence-corrected chi connectivity index (χ4v) is 4.03. The van der Waals surface area contributed by atoms with Gasteiger partial charge in [0.15, 0.2) is 5.82 Å². The van der Waals surface area contributed by atoms with Crippen LogP contribution in [0.25, 0.3) is 0 Å². The number of rotatable bonds is 5. The molecule has 6 heteroatoms. The van der Waals surface area contributed by atoms with E-state index in [1.807, 2.05) is 0 Å². The van der Waals surface area contributed by atoms with E-state index >= 15 is 0 Å². The highest BCUT2D eigenvalue weighted by Crippen LogP contribution is 2.53. The monoisotopic (exact) mass is 279 g/mol. The summed E-state index contributed by atoms with van der Waals surface area (Å²) in [4.78, 5) is 0. The number of aromatic nitrogens is 4. The van der Waals surface area contributed by atoms with Crippen LogP contribution in [0.1, 0.15) is 64.2 Å². The van der Waals surface area contributed by atoms with Gasteiger partial charge in [-0.05, 0) is 33.1 Å². The molecule has 112 valence electrons. The van der Waals surface area contributed by atoms with E-state index in [0.29, 0.717) is 17.6 Å². The summed E-state index contributed by atoms with van der Waals surface area (Å²) in [5.74, 6) is 0.746. The number of ether oxygens (including phenoxy) is 1. The van der Waals surface area contributed by atoms with Crippen LogP contribution in [-0.2, 0) is 4.74 Å². The highest BCUT2D eigenvalue weighted by molar-refractivity contribution is 5.10. The summed E-state index contributed by atoms with van der Waals surface area (Å²) in [6.45, 7) is 5.02. The van der Waals surface area contributed by atoms with Crippen LogP contribution in [0.15, 0.2) is 0 Å². The van der Waals surface area contributed by atoms with Gasteiger partial charge in [0.2, 0.25) is 0 Å². The molecule has 2 fully saturated rings. The lowest BCUT2D eigenvalue weighted by Gasteiger charge is -2.58. The Morgan fingerprint density at radius 3 is 2.85 bits per heavy atom. The molecule has 2 saturated carbocycles. The van der Waals surface area contributed by atoms with Gasteiger partial charge in [0, 0.05) is 18.1 Å². The zero-order valence-electron chi connectivity index (χ0n) is 12.4. The second-order valence-electron chi connectivity index (χ2n) is 6.18. The van der Waals surface area contributed by atoms with Crippen molar-refractivity contribution in [1.29, 1.82) is 0 Å². The van der Waals surface area contributed by atoms with Crippen molar-refractivity contribution < 1.29 is 4.74 Å². The predicted molar refractivity (Wildman–Crippen MR) is 75.1 cm³/mol. The lowest BCUT2D eigenvalue weighted by Crippen LogP contribution is -2.64. The zero-order chi connectivity index (χ0) is 14.0. The zero-order valence-corrected chi connectivity index (χ0v) is 12.4. The standard InChI is InChI=1S/C14H25N5O/c1-3-20-12-9-11(14(12)7-5-4-6-8-14)15-10(2)13-16-18-19-17-13/h10-12,15H,3-9H2,1-2H3,(H,16,17,18,19). The third-order valence-corrected chi connectivity index (χ3v) is 5.14. The van der Waals surface area contributed by atoms with Gasteiger partial charge in [0.25, 0.3) is 0 Å². The van der Waals surface area contributed by atoms with Crippen molar-refractivity contribution >= 4 is 0 Å². The molecule has 2 aliphatic rings. The molecule has 1 spiro atoms. The topological polar surface area (TPSA) is 75.7 Å². The molecule has 3 unspecified atom stereocenters. The first-order valence-electron chi connectivity index (χ1n) is 7.87. The first-order chi connectivity index (χ1) is 9.76. The number of hydrogen-bond acceptors (Lipinski definition) is 5. The van der Waals surface area contributed by atoms with E-state index in [1.165, 1.54) is 32.1 Å². The maximum Gasteiger partial charge on any atom is 0.191 e. The van der Waals surface area contributed by atoms with Gasteiger partial charge in [-0.3, -0.25) is 0 Å². The van der Waals surface area contributed by atoms with Crippen LogP contribution in [0.2, 0.25) is 0 Å². The Morgan fingerprint density at radius 1 is 1.40 bits per heavy atom. The third-order valence-electron chi connectivity index (χ3n) is 5.14. The molecule has 1 aromatic rings. The average molecular weight is 279 g/mol. The number of nitrogens with one attached hydrogen (secondary N) is 2. The quantitative estimate of drug-likeness (QED) is 0.862. The number of tetrazole rings is 1. The smallest absolute Gasteiger partial charge is 0.191 e. The number of hydrogen-bond donors (Lipinski definition) is 2. The molecule has 0 amide bonds. The van der Waals surface area contributed by atoms with E-state index in [0.717, 1.165) is 18.9 Å². The van der Waals surface area contributed by atoms with E-state index in [9.17, 15) is 0 Å². The fourth-order valence-electron chi connectivity index (χ4n) is 4.03. The van der Waals surface area contributed by atoms with Crippen molar-refractivity contribution in [2.45, 2.75) is 70.6 Å². The molecular weight excluding hydrogens is 254 g/mol. The van der Waals surface area contributed by atoms with Crippen molar-refractivity contribution in [2.75, 3.05) is 6.61 Å². The normalized spacial score (nSPS) is 30.1. The maximum absolute atomic E-state index is 5.98. The summed E-state index contributed by atoms with van der Waals surface area (Å²) in [6, 6.07) is 0.660. The lowest BCUT2D eigenvalue weighted by molar-refractivity contribution is -0.152. The molecule has 0 aliphatic heterocycles. The van der Waals surface area contributed by atoms with E-state index < -0.39 is 0 Å². The molecule has 2 N–H and O–H groups in total. The van der Waals surface area contributed by atoms with Gasteiger partial charge in [-0.15, -0.1) is 10.2 Å².